The highest BCUT2D eigenvalue weighted by atomic mass is 16.5. The Balaban J connectivity index is 2.40. The fourth-order valence-corrected chi connectivity index (χ4v) is 2.87. The summed E-state index contributed by atoms with van der Waals surface area (Å²) in [5.74, 6) is 0. The van der Waals surface area contributed by atoms with Gasteiger partial charge in [0.05, 0.1) is 25.4 Å². The first-order chi connectivity index (χ1) is 8.47. The van der Waals surface area contributed by atoms with E-state index in [0.29, 0.717) is 36.9 Å². The molecule has 0 spiro atoms. The molecular weight excluding hydrogens is 226 g/mol. The van der Waals surface area contributed by atoms with Gasteiger partial charge in [-0.15, -0.1) is 0 Å². The van der Waals surface area contributed by atoms with Crippen molar-refractivity contribution in [2.24, 2.45) is 5.41 Å². The number of ether oxygens (including phenoxy) is 2. The summed E-state index contributed by atoms with van der Waals surface area (Å²) in [6, 6.07) is 0.468. The standard InChI is InChI=1S/C15H31NO2/c1-6-16-14-13(8-7-9-15(14,4)5)18-11-10-17-12(2)3/h12-14,16H,6-11H2,1-5H3. The molecule has 1 fully saturated rings. The lowest BCUT2D eigenvalue weighted by Crippen LogP contribution is -2.53. The SMILES string of the molecule is CCNC1C(OCCOC(C)C)CCCC1(C)C. The summed E-state index contributed by atoms with van der Waals surface area (Å²) in [6.07, 6.45) is 4.35. The Morgan fingerprint density at radius 2 is 2.00 bits per heavy atom. The van der Waals surface area contributed by atoms with E-state index in [1.165, 1.54) is 19.3 Å². The normalized spacial score (nSPS) is 27.7. The van der Waals surface area contributed by atoms with Gasteiger partial charge in [-0.25, -0.2) is 0 Å². The lowest BCUT2D eigenvalue weighted by molar-refractivity contribution is -0.0622. The first-order valence-corrected chi connectivity index (χ1v) is 7.44. The van der Waals surface area contributed by atoms with E-state index >= 15 is 0 Å². The third kappa shape index (κ3) is 4.87. The first kappa shape index (κ1) is 15.9. The van der Waals surface area contributed by atoms with Crippen LogP contribution in [0.1, 0.15) is 53.9 Å². The van der Waals surface area contributed by atoms with Crippen molar-refractivity contribution in [3.63, 3.8) is 0 Å². The van der Waals surface area contributed by atoms with Gasteiger partial charge in [0.15, 0.2) is 0 Å². The average molecular weight is 257 g/mol. The Bertz CT molecular complexity index is 229. The maximum atomic E-state index is 6.05. The van der Waals surface area contributed by atoms with Gasteiger partial charge >= 0.3 is 0 Å². The molecule has 0 bridgehead atoms. The molecule has 3 heteroatoms. The molecule has 0 aromatic heterocycles. The molecule has 1 N–H and O–H groups in total. The highest BCUT2D eigenvalue weighted by Gasteiger charge is 2.38. The summed E-state index contributed by atoms with van der Waals surface area (Å²) in [5.41, 5.74) is 0.331. The zero-order valence-corrected chi connectivity index (χ0v) is 12.8. The molecule has 1 rings (SSSR count). The van der Waals surface area contributed by atoms with Crippen molar-refractivity contribution in [1.82, 2.24) is 5.32 Å². The molecule has 1 aliphatic carbocycles. The molecule has 0 radical (unpaired) electrons. The Morgan fingerprint density at radius 3 is 2.61 bits per heavy atom. The van der Waals surface area contributed by atoms with Crippen molar-refractivity contribution in [2.45, 2.75) is 72.1 Å². The summed E-state index contributed by atoms with van der Waals surface area (Å²) < 4.78 is 11.6. The van der Waals surface area contributed by atoms with E-state index in [0.717, 1.165) is 6.54 Å². The molecule has 0 amide bonds. The van der Waals surface area contributed by atoms with Gasteiger partial charge in [-0.2, -0.15) is 0 Å². The maximum Gasteiger partial charge on any atom is 0.0734 e. The quantitative estimate of drug-likeness (QED) is 0.711. The van der Waals surface area contributed by atoms with Crippen molar-refractivity contribution < 1.29 is 9.47 Å². The van der Waals surface area contributed by atoms with Crippen LogP contribution in [-0.2, 0) is 9.47 Å². The molecule has 0 saturated heterocycles. The van der Waals surface area contributed by atoms with Crippen molar-refractivity contribution in [3.05, 3.63) is 0 Å². The monoisotopic (exact) mass is 257 g/mol. The second kappa shape index (κ2) is 7.46. The molecular formula is C15H31NO2. The topological polar surface area (TPSA) is 30.5 Å². The molecule has 18 heavy (non-hydrogen) atoms. The van der Waals surface area contributed by atoms with Crippen LogP contribution in [0.5, 0.6) is 0 Å². The first-order valence-electron chi connectivity index (χ1n) is 7.44. The predicted octanol–water partition coefficient (Wildman–Crippen LogP) is 2.98. The minimum Gasteiger partial charge on any atom is -0.376 e. The van der Waals surface area contributed by atoms with Gasteiger partial charge in [0, 0.05) is 6.04 Å². The van der Waals surface area contributed by atoms with Crippen molar-refractivity contribution in [2.75, 3.05) is 19.8 Å². The van der Waals surface area contributed by atoms with Crippen LogP contribution >= 0.6 is 0 Å². The van der Waals surface area contributed by atoms with Crippen LogP contribution in [0.25, 0.3) is 0 Å². The minimum atomic E-state index is 0.293. The largest absolute Gasteiger partial charge is 0.376 e. The minimum absolute atomic E-state index is 0.293. The van der Waals surface area contributed by atoms with Crippen LogP contribution in [-0.4, -0.2) is 38.0 Å². The molecule has 0 aromatic carbocycles. The highest BCUT2D eigenvalue weighted by Crippen LogP contribution is 2.36. The van der Waals surface area contributed by atoms with Gasteiger partial charge in [0.1, 0.15) is 0 Å². The second-order valence-corrected chi connectivity index (χ2v) is 6.24. The number of nitrogens with one attached hydrogen (secondary N) is 1. The lowest BCUT2D eigenvalue weighted by atomic mass is 9.71. The van der Waals surface area contributed by atoms with Gasteiger partial charge in [0.2, 0.25) is 0 Å². The van der Waals surface area contributed by atoms with Gasteiger partial charge in [0.25, 0.3) is 0 Å². The number of likely N-dealkylation sites (N-methyl/N-ethyl adjacent to an activating group) is 1. The van der Waals surface area contributed by atoms with Gasteiger partial charge in [-0.3, -0.25) is 0 Å². The third-order valence-corrected chi connectivity index (χ3v) is 3.81. The van der Waals surface area contributed by atoms with E-state index < -0.39 is 0 Å². The van der Waals surface area contributed by atoms with Crippen molar-refractivity contribution in [1.29, 1.82) is 0 Å². The zero-order valence-electron chi connectivity index (χ0n) is 12.8. The molecule has 0 aromatic rings. The van der Waals surface area contributed by atoms with E-state index in [1.807, 2.05) is 0 Å². The Kier molecular flexibility index (Phi) is 6.61. The maximum absolute atomic E-state index is 6.05. The van der Waals surface area contributed by atoms with Crippen LogP contribution < -0.4 is 5.32 Å². The summed E-state index contributed by atoms with van der Waals surface area (Å²) >= 11 is 0. The van der Waals surface area contributed by atoms with Crippen LogP contribution in [0.15, 0.2) is 0 Å². The van der Waals surface area contributed by atoms with Crippen molar-refractivity contribution in [3.8, 4) is 0 Å². The van der Waals surface area contributed by atoms with Gasteiger partial charge < -0.3 is 14.8 Å². The van der Waals surface area contributed by atoms with E-state index in [1.54, 1.807) is 0 Å². The van der Waals surface area contributed by atoms with Crippen LogP contribution in [0, 0.1) is 5.41 Å². The smallest absolute Gasteiger partial charge is 0.0734 e. The third-order valence-electron chi connectivity index (χ3n) is 3.81. The molecule has 3 nitrogen and oxygen atoms in total. The number of rotatable bonds is 7. The molecule has 2 unspecified atom stereocenters. The summed E-state index contributed by atoms with van der Waals surface area (Å²) in [5, 5.41) is 3.61. The van der Waals surface area contributed by atoms with E-state index in [2.05, 4.69) is 39.9 Å². The Hall–Kier alpha value is -0.120. The van der Waals surface area contributed by atoms with Crippen LogP contribution in [0.4, 0.5) is 0 Å². The summed E-state index contributed by atoms with van der Waals surface area (Å²) in [7, 11) is 0. The van der Waals surface area contributed by atoms with E-state index in [9.17, 15) is 0 Å². The number of hydrogen-bond acceptors (Lipinski definition) is 3. The molecule has 1 aliphatic rings. The Labute approximate surface area is 113 Å². The van der Waals surface area contributed by atoms with Crippen molar-refractivity contribution >= 4 is 0 Å². The fourth-order valence-electron chi connectivity index (χ4n) is 2.87. The molecule has 0 aliphatic heterocycles. The van der Waals surface area contributed by atoms with Crippen LogP contribution in [0.2, 0.25) is 0 Å². The lowest BCUT2D eigenvalue weighted by Gasteiger charge is -2.44. The van der Waals surface area contributed by atoms with Gasteiger partial charge in [-0.1, -0.05) is 27.2 Å². The highest BCUT2D eigenvalue weighted by molar-refractivity contribution is 4.94. The van der Waals surface area contributed by atoms with Crippen LogP contribution in [0.3, 0.4) is 0 Å². The number of hydrogen-bond donors (Lipinski definition) is 1. The van der Waals surface area contributed by atoms with E-state index in [-0.39, 0.29) is 0 Å². The average Bonchev–Trinajstić information content (AvgIpc) is 2.28. The predicted molar refractivity (Wildman–Crippen MR) is 75.9 cm³/mol. The molecule has 0 heterocycles. The van der Waals surface area contributed by atoms with E-state index in [4.69, 9.17) is 9.47 Å². The fraction of sp³-hybridized carbons (Fsp3) is 1.00. The van der Waals surface area contributed by atoms with Gasteiger partial charge in [-0.05, 0) is 38.6 Å². The Morgan fingerprint density at radius 1 is 1.28 bits per heavy atom. The zero-order chi connectivity index (χ0) is 13.6. The molecule has 108 valence electrons. The summed E-state index contributed by atoms with van der Waals surface area (Å²) in [6.45, 7) is 13.4. The summed E-state index contributed by atoms with van der Waals surface area (Å²) in [4.78, 5) is 0. The molecule has 2 atom stereocenters. The molecule has 1 saturated carbocycles. The second-order valence-electron chi connectivity index (χ2n) is 6.24.